The number of nitrogens with one attached hydrogen (secondary N) is 1. The van der Waals surface area contributed by atoms with Crippen LogP contribution in [-0.2, 0) is 17.5 Å². The van der Waals surface area contributed by atoms with E-state index in [1.165, 1.54) is 12.1 Å². The lowest BCUT2D eigenvalue weighted by molar-refractivity contribution is -0.137. The van der Waals surface area contributed by atoms with E-state index in [0.29, 0.717) is 11.1 Å². The van der Waals surface area contributed by atoms with Crippen LogP contribution in [0.5, 0.6) is 6.01 Å². The SMILES string of the molecule is CCOC(=O)NCc1ccc(Cl)c(-c2nc(O)nc(-c3ccc(C(F)(F)F)cc3)n2)c1. The Morgan fingerprint density at radius 1 is 1.10 bits per heavy atom. The number of aromatic nitrogens is 3. The molecule has 2 aromatic carbocycles. The predicted octanol–water partition coefficient (Wildman–Crippen LogP) is 4.83. The molecule has 0 atom stereocenters. The average Bonchev–Trinajstić information content (AvgIpc) is 2.72. The highest BCUT2D eigenvalue weighted by molar-refractivity contribution is 6.33. The molecule has 162 valence electrons. The molecule has 0 bridgehead atoms. The molecule has 0 saturated carbocycles. The molecule has 0 saturated heterocycles. The van der Waals surface area contributed by atoms with Gasteiger partial charge in [0.25, 0.3) is 0 Å². The summed E-state index contributed by atoms with van der Waals surface area (Å²) < 4.78 is 43.1. The minimum absolute atomic E-state index is 0.0189. The molecule has 3 aromatic rings. The third-order valence-electron chi connectivity index (χ3n) is 4.08. The van der Waals surface area contributed by atoms with Gasteiger partial charge < -0.3 is 15.2 Å². The van der Waals surface area contributed by atoms with Crippen LogP contribution in [0.15, 0.2) is 42.5 Å². The fraction of sp³-hybridized carbons (Fsp3) is 0.200. The second-order valence-electron chi connectivity index (χ2n) is 6.25. The molecule has 0 fully saturated rings. The standard InChI is InChI=1S/C20H16ClF3N4O3/c1-2-31-19(30)25-10-11-3-8-15(21)14(9-11)17-26-16(27-18(29)28-17)12-4-6-13(7-5-12)20(22,23)24/h3-9H,2,10H2,1H3,(H,25,30)(H,26,27,28,29). The van der Waals surface area contributed by atoms with Crippen LogP contribution >= 0.6 is 11.6 Å². The number of hydrogen-bond donors (Lipinski definition) is 2. The Morgan fingerprint density at radius 2 is 1.77 bits per heavy atom. The second-order valence-corrected chi connectivity index (χ2v) is 6.65. The van der Waals surface area contributed by atoms with Crippen LogP contribution < -0.4 is 5.32 Å². The summed E-state index contributed by atoms with van der Waals surface area (Å²) in [5.74, 6) is -0.00674. The van der Waals surface area contributed by atoms with E-state index in [1.54, 1.807) is 25.1 Å². The van der Waals surface area contributed by atoms with Crippen molar-refractivity contribution in [3.8, 4) is 28.8 Å². The summed E-state index contributed by atoms with van der Waals surface area (Å²) in [6.45, 7) is 2.06. The molecular formula is C20H16ClF3N4O3. The van der Waals surface area contributed by atoms with Crippen molar-refractivity contribution in [2.75, 3.05) is 6.61 Å². The number of aromatic hydroxyl groups is 1. The third-order valence-corrected chi connectivity index (χ3v) is 4.41. The number of ether oxygens (including phenoxy) is 1. The van der Waals surface area contributed by atoms with Crippen molar-refractivity contribution in [3.63, 3.8) is 0 Å². The molecule has 0 spiro atoms. The first-order valence-corrected chi connectivity index (χ1v) is 9.37. The van der Waals surface area contributed by atoms with E-state index in [4.69, 9.17) is 16.3 Å². The van der Waals surface area contributed by atoms with Crippen molar-refractivity contribution in [1.82, 2.24) is 20.3 Å². The van der Waals surface area contributed by atoms with Gasteiger partial charge in [0.1, 0.15) is 0 Å². The number of halogens is 4. The van der Waals surface area contributed by atoms with Crippen molar-refractivity contribution in [3.05, 3.63) is 58.6 Å². The highest BCUT2D eigenvalue weighted by atomic mass is 35.5. The van der Waals surface area contributed by atoms with E-state index in [1.807, 2.05) is 0 Å². The maximum atomic E-state index is 12.8. The quantitative estimate of drug-likeness (QED) is 0.575. The maximum Gasteiger partial charge on any atom is 0.416 e. The Morgan fingerprint density at radius 3 is 2.42 bits per heavy atom. The molecular weight excluding hydrogens is 437 g/mol. The molecule has 1 heterocycles. The largest absolute Gasteiger partial charge is 0.479 e. The highest BCUT2D eigenvalue weighted by Gasteiger charge is 2.30. The number of amides is 1. The molecule has 1 aromatic heterocycles. The van der Waals surface area contributed by atoms with E-state index < -0.39 is 23.8 Å². The molecule has 0 radical (unpaired) electrons. The lowest BCUT2D eigenvalue weighted by atomic mass is 10.1. The van der Waals surface area contributed by atoms with Crippen LogP contribution in [0.25, 0.3) is 22.8 Å². The summed E-state index contributed by atoms with van der Waals surface area (Å²) in [4.78, 5) is 23.4. The van der Waals surface area contributed by atoms with Crippen LogP contribution in [0.3, 0.4) is 0 Å². The minimum Gasteiger partial charge on any atom is -0.479 e. The molecule has 11 heteroatoms. The number of carbonyl (C=O) groups is 1. The summed E-state index contributed by atoms with van der Waals surface area (Å²) in [5.41, 5.74) is 0.432. The van der Waals surface area contributed by atoms with Gasteiger partial charge in [0.2, 0.25) is 0 Å². The zero-order valence-electron chi connectivity index (χ0n) is 16.1. The smallest absolute Gasteiger partial charge is 0.416 e. The number of rotatable bonds is 5. The van der Waals surface area contributed by atoms with Crippen LogP contribution in [0, 0.1) is 0 Å². The van der Waals surface area contributed by atoms with Crippen LogP contribution in [0.1, 0.15) is 18.1 Å². The first kappa shape index (κ1) is 22.3. The van der Waals surface area contributed by atoms with Gasteiger partial charge in [-0.3, -0.25) is 0 Å². The van der Waals surface area contributed by atoms with Gasteiger partial charge in [-0.15, -0.1) is 0 Å². The van der Waals surface area contributed by atoms with Gasteiger partial charge in [0.05, 0.1) is 17.2 Å². The van der Waals surface area contributed by atoms with E-state index in [2.05, 4.69) is 20.3 Å². The number of alkyl halides is 3. The monoisotopic (exact) mass is 452 g/mol. The Balaban J connectivity index is 1.92. The Labute approximate surface area is 179 Å². The summed E-state index contributed by atoms with van der Waals surface area (Å²) >= 11 is 6.25. The van der Waals surface area contributed by atoms with E-state index >= 15 is 0 Å². The fourth-order valence-electron chi connectivity index (χ4n) is 2.63. The topological polar surface area (TPSA) is 97.2 Å². The third kappa shape index (κ3) is 5.60. The van der Waals surface area contributed by atoms with Gasteiger partial charge >= 0.3 is 18.3 Å². The Bertz CT molecular complexity index is 1090. The van der Waals surface area contributed by atoms with Crippen molar-refractivity contribution in [2.24, 2.45) is 0 Å². The first-order valence-electron chi connectivity index (χ1n) is 8.99. The van der Waals surface area contributed by atoms with Gasteiger partial charge in [-0.05, 0) is 36.8 Å². The average molecular weight is 453 g/mol. The van der Waals surface area contributed by atoms with Gasteiger partial charge in [-0.1, -0.05) is 29.8 Å². The molecule has 0 aliphatic carbocycles. The normalized spacial score (nSPS) is 11.3. The van der Waals surface area contributed by atoms with Gasteiger partial charge in [0.15, 0.2) is 11.6 Å². The van der Waals surface area contributed by atoms with Crippen LogP contribution in [-0.4, -0.2) is 32.8 Å². The highest BCUT2D eigenvalue weighted by Crippen LogP contribution is 2.32. The van der Waals surface area contributed by atoms with Crippen LogP contribution in [0.2, 0.25) is 5.02 Å². The van der Waals surface area contributed by atoms with Gasteiger partial charge in [-0.25, -0.2) is 9.78 Å². The summed E-state index contributed by atoms with van der Waals surface area (Å²) in [6.07, 6.45) is -5.06. The number of carbonyl (C=O) groups excluding carboxylic acids is 1. The molecule has 3 rings (SSSR count). The zero-order valence-corrected chi connectivity index (χ0v) is 16.8. The number of alkyl carbamates (subject to hydrolysis) is 1. The molecule has 7 nitrogen and oxygen atoms in total. The minimum atomic E-state index is -4.48. The van der Waals surface area contributed by atoms with Crippen molar-refractivity contribution in [1.29, 1.82) is 0 Å². The van der Waals surface area contributed by atoms with E-state index in [9.17, 15) is 23.1 Å². The van der Waals surface area contributed by atoms with Crippen molar-refractivity contribution in [2.45, 2.75) is 19.6 Å². The number of nitrogens with zero attached hydrogens (tertiary/aromatic N) is 3. The van der Waals surface area contributed by atoms with Crippen LogP contribution in [0.4, 0.5) is 18.0 Å². The van der Waals surface area contributed by atoms with Gasteiger partial charge in [0, 0.05) is 17.7 Å². The van der Waals surface area contributed by atoms with Crippen molar-refractivity contribution < 1.29 is 27.8 Å². The summed E-state index contributed by atoms with van der Waals surface area (Å²) in [6, 6.07) is 8.42. The molecule has 0 unspecified atom stereocenters. The zero-order chi connectivity index (χ0) is 22.6. The molecule has 2 N–H and O–H groups in total. The Hall–Kier alpha value is -3.40. The van der Waals surface area contributed by atoms with E-state index in [-0.39, 0.29) is 35.4 Å². The Kier molecular flexibility index (Phi) is 6.59. The molecule has 1 amide bonds. The van der Waals surface area contributed by atoms with Crippen molar-refractivity contribution >= 4 is 17.7 Å². The number of benzene rings is 2. The lowest BCUT2D eigenvalue weighted by Gasteiger charge is -2.10. The maximum absolute atomic E-state index is 12.8. The van der Waals surface area contributed by atoms with E-state index in [0.717, 1.165) is 12.1 Å². The summed E-state index contributed by atoms with van der Waals surface area (Å²) in [5, 5.41) is 12.8. The first-order chi connectivity index (χ1) is 14.7. The molecule has 31 heavy (non-hydrogen) atoms. The second kappa shape index (κ2) is 9.17. The summed E-state index contributed by atoms with van der Waals surface area (Å²) in [7, 11) is 0. The fourth-order valence-corrected chi connectivity index (χ4v) is 2.83. The molecule has 0 aliphatic rings. The van der Waals surface area contributed by atoms with Gasteiger partial charge in [-0.2, -0.15) is 23.1 Å². The lowest BCUT2D eigenvalue weighted by Crippen LogP contribution is -2.23. The molecule has 0 aliphatic heterocycles. The predicted molar refractivity (Wildman–Crippen MR) is 106 cm³/mol. The number of hydrogen-bond acceptors (Lipinski definition) is 6.